The van der Waals surface area contributed by atoms with Gasteiger partial charge in [0.2, 0.25) is 0 Å². The Kier molecular flexibility index (Phi) is 10.6. The molecule has 0 bridgehead atoms. The van der Waals surface area contributed by atoms with Crippen molar-refractivity contribution >= 4 is 0 Å². The first kappa shape index (κ1) is 12.2. The SMILES string of the molecule is CCC/C=C/CCCCCCC#N. The standard InChI is InChI=1S/C12H21N/c1-2-3-4-5-6-7-8-9-10-11-12-13/h4-5H,2-3,6-11H2,1H3/b5-4+. The lowest BCUT2D eigenvalue weighted by molar-refractivity contribution is 0.654. The summed E-state index contributed by atoms with van der Waals surface area (Å²) in [5, 5.41) is 8.30. The minimum Gasteiger partial charge on any atom is -0.198 e. The Bertz CT molecular complexity index is 153. The van der Waals surface area contributed by atoms with Crippen LogP contribution in [0, 0.1) is 11.3 Å². The van der Waals surface area contributed by atoms with E-state index < -0.39 is 0 Å². The summed E-state index contributed by atoms with van der Waals surface area (Å²) in [6.07, 6.45) is 13.8. The summed E-state index contributed by atoms with van der Waals surface area (Å²) in [5.74, 6) is 0. The molecule has 0 amide bonds. The second-order valence-electron chi connectivity index (χ2n) is 3.37. The van der Waals surface area contributed by atoms with Gasteiger partial charge in [0.05, 0.1) is 6.07 Å². The molecule has 0 aliphatic heterocycles. The zero-order chi connectivity index (χ0) is 9.78. The molecule has 0 aromatic rings. The van der Waals surface area contributed by atoms with Gasteiger partial charge in [0, 0.05) is 6.42 Å². The molecule has 13 heavy (non-hydrogen) atoms. The zero-order valence-electron chi connectivity index (χ0n) is 8.76. The van der Waals surface area contributed by atoms with E-state index in [1.807, 2.05) is 0 Å². The van der Waals surface area contributed by atoms with Crippen LogP contribution in [0.2, 0.25) is 0 Å². The maximum atomic E-state index is 8.30. The Labute approximate surface area is 82.5 Å². The molecule has 0 aromatic carbocycles. The van der Waals surface area contributed by atoms with Crippen LogP contribution >= 0.6 is 0 Å². The number of hydrogen-bond acceptors (Lipinski definition) is 1. The molecule has 0 saturated carbocycles. The van der Waals surface area contributed by atoms with Gasteiger partial charge in [0.15, 0.2) is 0 Å². The van der Waals surface area contributed by atoms with Crippen molar-refractivity contribution in [3.8, 4) is 6.07 Å². The Morgan fingerprint density at radius 3 is 2.38 bits per heavy atom. The van der Waals surface area contributed by atoms with Gasteiger partial charge in [0.25, 0.3) is 0 Å². The minimum absolute atomic E-state index is 0.728. The van der Waals surface area contributed by atoms with E-state index >= 15 is 0 Å². The molecule has 0 aromatic heterocycles. The van der Waals surface area contributed by atoms with Gasteiger partial charge in [-0.25, -0.2) is 0 Å². The van der Waals surface area contributed by atoms with Crippen LogP contribution in [0.1, 0.15) is 58.3 Å². The molecular formula is C12H21N. The predicted octanol–water partition coefficient (Wildman–Crippen LogP) is 4.21. The van der Waals surface area contributed by atoms with Crippen LogP contribution in [0.25, 0.3) is 0 Å². The van der Waals surface area contributed by atoms with E-state index in [0.717, 1.165) is 12.8 Å². The van der Waals surface area contributed by atoms with Crippen molar-refractivity contribution < 1.29 is 0 Å². The predicted molar refractivity (Wildman–Crippen MR) is 57.4 cm³/mol. The van der Waals surface area contributed by atoms with E-state index in [1.54, 1.807) is 0 Å². The normalized spacial score (nSPS) is 10.5. The van der Waals surface area contributed by atoms with E-state index in [2.05, 4.69) is 25.1 Å². The van der Waals surface area contributed by atoms with Crippen LogP contribution < -0.4 is 0 Å². The van der Waals surface area contributed by atoms with E-state index in [1.165, 1.54) is 38.5 Å². The van der Waals surface area contributed by atoms with Gasteiger partial charge in [-0.15, -0.1) is 0 Å². The summed E-state index contributed by atoms with van der Waals surface area (Å²) in [5.41, 5.74) is 0. The first-order chi connectivity index (χ1) is 6.41. The highest BCUT2D eigenvalue weighted by Crippen LogP contribution is 2.05. The number of hydrogen-bond donors (Lipinski definition) is 0. The van der Waals surface area contributed by atoms with E-state index in [9.17, 15) is 0 Å². The molecule has 0 rings (SSSR count). The highest BCUT2D eigenvalue weighted by molar-refractivity contribution is 4.80. The molecular weight excluding hydrogens is 158 g/mol. The number of rotatable bonds is 8. The lowest BCUT2D eigenvalue weighted by atomic mass is 10.1. The molecule has 74 valence electrons. The molecule has 0 fully saturated rings. The first-order valence-electron chi connectivity index (χ1n) is 5.43. The molecule has 0 heterocycles. The monoisotopic (exact) mass is 179 g/mol. The van der Waals surface area contributed by atoms with Gasteiger partial charge in [-0.1, -0.05) is 38.3 Å². The van der Waals surface area contributed by atoms with Gasteiger partial charge >= 0.3 is 0 Å². The third-order valence-corrected chi connectivity index (χ3v) is 2.03. The van der Waals surface area contributed by atoms with Gasteiger partial charge in [-0.3, -0.25) is 0 Å². The summed E-state index contributed by atoms with van der Waals surface area (Å²) in [6.45, 7) is 2.20. The smallest absolute Gasteiger partial charge is 0.0621 e. The zero-order valence-corrected chi connectivity index (χ0v) is 8.76. The summed E-state index contributed by atoms with van der Waals surface area (Å²) < 4.78 is 0. The van der Waals surface area contributed by atoms with Gasteiger partial charge in [0.1, 0.15) is 0 Å². The fourth-order valence-electron chi connectivity index (χ4n) is 1.22. The van der Waals surface area contributed by atoms with Crippen molar-refractivity contribution in [1.29, 1.82) is 5.26 Å². The van der Waals surface area contributed by atoms with Crippen LogP contribution in [0.4, 0.5) is 0 Å². The maximum absolute atomic E-state index is 8.30. The van der Waals surface area contributed by atoms with E-state index in [0.29, 0.717) is 0 Å². The molecule has 0 saturated heterocycles. The lowest BCUT2D eigenvalue weighted by Crippen LogP contribution is -1.76. The van der Waals surface area contributed by atoms with Crippen LogP contribution in [0.5, 0.6) is 0 Å². The Morgan fingerprint density at radius 2 is 1.69 bits per heavy atom. The average Bonchev–Trinajstić information content (AvgIpc) is 2.16. The molecule has 1 heteroatoms. The third kappa shape index (κ3) is 11.2. The van der Waals surface area contributed by atoms with Crippen LogP contribution in [-0.4, -0.2) is 0 Å². The molecule has 0 unspecified atom stereocenters. The van der Waals surface area contributed by atoms with Crippen LogP contribution in [0.3, 0.4) is 0 Å². The summed E-state index contributed by atoms with van der Waals surface area (Å²) in [6, 6.07) is 2.17. The fraction of sp³-hybridized carbons (Fsp3) is 0.750. The second-order valence-corrected chi connectivity index (χ2v) is 3.37. The highest BCUT2D eigenvalue weighted by Gasteiger charge is 1.87. The summed E-state index contributed by atoms with van der Waals surface area (Å²) in [4.78, 5) is 0. The second kappa shape index (κ2) is 11.2. The average molecular weight is 179 g/mol. The first-order valence-corrected chi connectivity index (χ1v) is 5.43. The Morgan fingerprint density at radius 1 is 1.00 bits per heavy atom. The van der Waals surface area contributed by atoms with Crippen molar-refractivity contribution in [3.63, 3.8) is 0 Å². The van der Waals surface area contributed by atoms with Crippen molar-refractivity contribution in [2.24, 2.45) is 0 Å². The summed E-state index contributed by atoms with van der Waals surface area (Å²) in [7, 11) is 0. The number of nitrogens with zero attached hydrogens (tertiary/aromatic N) is 1. The van der Waals surface area contributed by atoms with Gasteiger partial charge < -0.3 is 0 Å². The number of unbranched alkanes of at least 4 members (excludes halogenated alkanes) is 6. The fourth-order valence-corrected chi connectivity index (χ4v) is 1.22. The molecule has 0 aliphatic rings. The Hall–Kier alpha value is -0.770. The van der Waals surface area contributed by atoms with Gasteiger partial charge in [-0.05, 0) is 25.7 Å². The minimum atomic E-state index is 0.728. The van der Waals surface area contributed by atoms with Crippen LogP contribution in [0.15, 0.2) is 12.2 Å². The summed E-state index contributed by atoms with van der Waals surface area (Å²) >= 11 is 0. The Balaban J connectivity index is 2.96. The van der Waals surface area contributed by atoms with Crippen molar-refractivity contribution in [2.45, 2.75) is 58.3 Å². The highest BCUT2D eigenvalue weighted by atomic mass is 14.2. The molecule has 0 aliphatic carbocycles. The quantitative estimate of drug-likeness (QED) is 0.404. The maximum Gasteiger partial charge on any atom is 0.0621 e. The van der Waals surface area contributed by atoms with Crippen LogP contribution in [-0.2, 0) is 0 Å². The molecule has 0 N–H and O–H groups in total. The number of nitriles is 1. The van der Waals surface area contributed by atoms with E-state index in [4.69, 9.17) is 5.26 Å². The van der Waals surface area contributed by atoms with Crippen molar-refractivity contribution in [2.75, 3.05) is 0 Å². The largest absolute Gasteiger partial charge is 0.198 e. The molecule has 0 atom stereocenters. The molecule has 0 radical (unpaired) electrons. The topological polar surface area (TPSA) is 23.8 Å². The molecule has 1 nitrogen and oxygen atoms in total. The van der Waals surface area contributed by atoms with Crippen molar-refractivity contribution in [3.05, 3.63) is 12.2 Å². The third-order valence-electron chi connectivity index (χ3n) is 2.03. The van der Waals surface area contributed by atoms with Crippen molar-refractivity contribution in [1.82, 2.24) is 0 Å². The van der Waals surface area contributed by atoms with E-state index in [-0.39, 0.29) is 0 Å². The number of allylic oxidation sites excluding steroid dienone is 2. The molecule has 0 spiro atoms. The lowest BCUT2D eigenvalue weighted by Gasteiger charge is -1.95. The van der Waals surface area contributed by atoms with Gasteiger partial charge in [-0.2, -0.15) is 5.26 Å².